The van der Waals surface area contributed by atoms with Crippen LogP contribution in [0.5, 0.6) is 0 Å². The molecule has 2 amide bonds. The smallest absolute Gasteiger partial charge is 0.410 e. The molecule has 2 aliphatic rings. The van der Waals surface area contributed by atoms with Gasteiger partial charge in [0.05, 0.1) is 6.54 Å². The van der Waals surface area contributed by atoms with Crippen LogP contribution in [0.2, 0.25) is 0 Å². The maximum Gasteiger partial charge on any atom is 0.410 e. The van der Waals surface area contributed by atoms with Gasteiger partial charge in [0.1, 0.15) is 12.1 Å². The summed E-state index contributed by atoms with van der Waals surface area (Å²) in [6.07, 6.45) is 1.31. The number of ether oxygens (including phenoxy) is 1. The number of hydrogen-bond acceptors (Lipinski definition) is 5. The van der Waals surface area contributed by atoms with Gasteiger partial charge in [-0.1, -0.05) is 0 Å². The number of aliphatic carboxylic acids is 1. The highest BCUT2D eigenvalue weighted by Gasteiger charge is 2.33. The van der Waals surface area contributed by atoms with Gasteiger partial charge in [0.25, 0.3) is 0 Å². The zero-order chi connectivity index (χ0) is 17.9. The Kier molecular flexibility index (Phi) is 5.69. The summed E-state index contributed by atoms with van der Waals surface area (Å²) >= 11 is 0. The third-order valence-corrected chi connectivity index (χ3v) is 4.31. The maximum atomic E-state index is 12.1. The van der Waals surface area contributed by atoms with E-state index in [9.17, 15) is 14.4 Å². The van der Waals surface area contributed by atoms with Crippen LogP contribution in [0.15, 0.2) is 0 Å². The minimum Gasteiger partial charge on any atom is -0.480 e. The lowest BCUT2D eigenvalue weighted by molar-refractivity contribution is -0.147. The first-order chi connectivity index (χ1) is 11.2. The predicted octanol–water partition coefficient (Wildman–Crippen LogP) is 0.615. The van der Waals surface area contributed by atoms with Crippen LogP contribution in [0.3, 0.4) is 0 Å². The summed E-state index contributed by atoms with van der Waals surface area (Å²) < 4.78 is 5.38. The van der Waals surface area contributed by atoms with Crippen molar-refractivity contribution < 1.29 is 24.2 Å². The quantitative estimate of drug-likeness (QED) is 0.809. The van der Waals surface area contributed by atoms with Crippen molar-refractivity contribution in [1.29, 1.82) is 0 Å². The zero-order valence-electron chi connectivity index (χ0n) is 14.7. The SMILES string of the molecule is CC(C)(C)OC(=O)N1CCC(N2CCN(CC(=O)O)C(=O)C2)CC1. The fourth-order valence-corrected chi connectivity index (χ4v) is 3.11. The van der Waals surface area contributed by atoms with Crippen molar-refractivity contribution in [2.45, 2.75) is 45.3 Å². The number of piperidine rings is 1. The Hall–Kier alpha value is -1.83. The van der Waals surface area contributed by atoms with E-state index in [0.717, 1.165) is 12.8 Å². The molecule has 0 bridgehead atoms. The zero-order valence-corrected chi connectivity index (χ0v) is 14.7. The van der Waals surface area contributed by atoms with E-state index in [0.29, 0.717) is 26.2 Å². The summed E-state index contributed by atoms with van der Waals surface area (Å²) in [4.78, 5) is 40.1. The van der Waals surface area contributed by atoms with Gasteiger partial charge in [-0.2, -0.15) is 0 Å². The highest BCUT2D eigenvalue weighted by atomic mass is 16.6. The first-order valence-electron chi connectivity index (χ1n) is 8.37. The lowest BCUT2D eigenvalue weighted by Crippen LogP contribution is -2.56. The Morgan fingerprint density at radius 2 is 1.79 bits per heavy atom. The van der Waals surface area contributed by atoms with Gasteiger partial charge in [0.2, 0.25) is 5.91 Å². The lowest BCUT2D eigenvalue weighted by atomic mass is 10.0. The summed E-state index contributed by atoms with van der Waals surface area (Å²) in [7, 11) is 0. The molecule has 0 saturated carbocycles. The van der Waals surface area contributed by atoms with Gasteiger partial charge >= 0.3 is 12.1 Å². The first-order valence-corrected chi connectivity index (χ1v) is 8.37. The summed E-state index contributed by atoms with van der Waals surface area (Å²) in [6, 6.07) is 0.250. The minimum absolute atomic E-state index is 0.141. The van der Waals surface area contributed by atoms with Crippen molar-refractivity contribution in [3.63, 3.8) is 0 Å². The third-order valence-electron chi connectivity index (χ3n) is 4.31. The molecule has 8 nitrogen and oxygen atoms in total. The Bertz CT molecular complexity index is 494. The Labute approximate surface area is 142 Å². The molecular weight excluding hydrogens is 314 g/mol. The van der Waals surface area contributed by atoms with Gasteiger partial charge in [0.15, 0.2) is 0 Å². The highest BCUT2D eigenvalue weighted by molar-refractivity contribution is 5.83. The van der Waals surface area contributed by atoms with Crippen molar-refractivity contribution in [2.24, 2.45) is 0 Å². The average molecular weight is 341 g/mol. The minimum atomic E-state index is -0.984. The van der Waals surface area contributed by atoms with Crippen molar-refractivity contribution >= 4 is 18.0 Å². The van der Waals surface area contributed by atoms with Crippen LogP contribution in [0, 0.1) is 0 Å². The maximum absolute atomic E-state index is 12.1. The van der Waals surface area contributed by atoms with Crippen molar-refractivity contribution in [1.82, 2.24) is 14.7 Å². The number of piperazine rings is 1. The van der Waals surface area contributed by atoms with Crippen LogP contribution in [0.1, 0.15) is 33.6 Å². The fraction of sp³-hybridized carbons (Fsp3) is 0.812. The van der Waals surface area contributed by atoms with Crippen LogP contribution in [0.4, 0.5) is 4.79 Å². The van der Waals surface area contributed by atoms with E-state index in [4.69, 9.17) is 9.84 Å². The van der Waals surface area contributed by atoms with E-state index < -0.39 is 11.6 Å². The number of carbonyl (C=O) groups is 3. The Morgan fingerprint density at radius 3 is 2.29 bits per heavy atom. The Morgan fingerprint density at radius 1 is 1.17 bits per heavy atom. The third kappa shape index (κ3) is 5.09. The molecule has 0 atom stereocenters. The van der Waals surface area contributed by atoms with E-state index in [1.807, 2.05) is 20.8 Å². The summed E-state index contributed by atoms with van der Waals surface area (Å²) in [5, 5.41) is 8.80. The van der Waals surface area contributed by atoms with Gasteiger partial charge in [-0.05, 0) is 33.6 Å². The van der Waals surface area contributed by atoms with E-state index in [1.54, 1.807) is 4.90 Å². The molecule has 0 spiro atoms. The second-order valence-corrected chi connectivity index (χ2v) is 7.38. The number of carboxylic acids is 1. The molecule has 2 rings (SSSR count). The van der Waals surface area contributed by atoms with Crippen LogP contribution in [-0.2, 0) is 14.3 Å². The molecule has 0 aromatic carbocycles. The lowest BCUT2D eigenvalue weighted by Gasteiger charge is -2.42. The monoisotopic (exact) mass is 341 g/mol. The summed E-state index contributed by atoms with van der Waals surface area (Å²) in [6.45, 7) is 7.91. The number of carboxylic acid groups (broad SMARTS) is 1. The molecule has 0 aromatic heterocycles. The molecule has 1 N–H and O–H groups in total. The van der Waals surface area contributed by atoms with Crippen LogP contribution < -0.4 is 0 Å². The van der Waals surface area contributed by atoms with Crippen LogP contribution >= 0.6 is 0 Å². The number of likely N-dealkylation sites (tertiary alicyclic amines) is 1. The van der Waals surface area contributed by atoms with Gasteiger partial charge in [-0.25, -0.2) is 4.79 Å². The second kappa shape index (κ2) is 7.38. The second-order valence-electron chi connectivity index (χ2n) is 7.38. The van der Waals surface area contributed by atoms with E-state index >= 15 is 0 Å². The standard InChI is InChI=1S/C16H27N3O5/c1-16(2,3)24-15(23)17-6-4-12(5-7-17)18-8-9-19(11-14(21)22)13(20)10-18/h12H,4-11H2,1-3H3,(H,21,22). The first kappa shape index (κ1) is 18.5. The van der Waals surface area contributed by atoms with Gasteiger partial charge in [-0.3, -0.25) is 14.5 Å². The molecule has 2 aliphatic heterocycles. The molecule has 0 aliphatic carbocycles. The van der Waals surface area contributed by atoms with Crippen molar-refractivity contribution in [3.05, 3.63) is 0 Å². The number of amides is 2. The molecule has 2 heterocycles. The van der Waals surface area contributed by atoms with E-state index in [1.165, 1.54) is 4.90 Å². The van der Waals surface area contributed by atoms with E-state index in [2.05, 4.69) is 4.90 Å². The highest BCUT2D eigenvalue weighted by Crippen LogP contribution is 2.20. The number of rotatable bonds is 3. The van der Waals surface area contributed by atoms with Crippen LogP contribution in [-0.4, -0.2) is 88.7 Å². The molecule has 0 unspecified atom stereocenters. The molecule has 24 heavy (non-hydrogen) atoms. The topological polar surface area (TPSA) is 90.4 Å². The van der Waals surface area contributed by atoms with Gasteiger partial charge in [-0.15, -0.1) is 0 Å². The Balaban J connectivity index is 1.80. The molecule has 0 radical (unpaired) electrons. The molecule has 136 valence electrons. The number of carbonyl (C=O) groups excluding carboxylic acids is 2. The summed E-state index contributed by atoms with van der Waals surface area (Å²) in [5.74, 6) is -1.12. The summed E-state index contributed by atoms with van der Waals surface area (Å²) in [5.41, 5.74) is -0.499. The van der Waals surface area contributed by atoms with Gasteiger partial charge < -0.3 is 19.6 Å². The van der Waals surface area contributed by atoms with Gasteiger partial charge in [0, 0.05) is 32.2 Å². The average Bonchev–Trinajstić information content (AvgIpc) is 2.47. The molecule has 0 aromatic rings. The molecule has 2 fully saturated rings. The van der Waals surface area contributed by atoms with Crippen molar-refractivity contribution in [2.75, 3.05) is 39.3 Å². The normalized spacial score (nSPS) is 21.0. The fourth-order valence-electron chi connectivity index (χ4n) is 3.11. The van der Waals surface area contributed by atoms with E-state index in [-0.39, 0.29) is 31.1 Å². The van der Waals surface area contributed by atoms with Crippen molar-refractivity contribution in [3.8, 4) is 0 Å². The molecule has 8 heteroatoms. The number of hydrogen-bond donors (Lipinski definition) is 1. The molecular formula is C16H27N3O5. The van der Waals surface area contributed by atoms with Crippen LogP contribution in [0.25, 0.3) is 0 Å². The predicted molar refractivity (Wildman–Crippen MR) is 86.6 cm³/mol. The number of nitrogens with zero attached hydrogens (tertiary/aromatic N) is 3. The molecule has 2 saturated heterocycles. The largest absolute Gasteiger partial charge is 0.480 e.